The number of rotatable bonds is 6. The van der Waals surface area contributed by atoms with Gasteiger partial charge in [-0.2, -0.15) is 0 Å². The quantitative estimate of drug-likeness (QED) is 0.657. The van der Waals surface area contributed by atoms with Crippen molar-refractivity contribution in [2.45, 2.75) is 26.8 Å². The van der Waals surface area contributed by atoms with E-state index in [9.17, 15) is 9.59 Å². The van der Waals surface area contributed by atoms with Crippen LogP contribution in [0.15, 0.2) is 0 Å². The molecule has 1 unspecified atom stereocenters. The zero-order valence-corrected chi connectivity index (χ0v) is 8.73. The van der Waals surface area contributed by atoms with Crippen LogP contribution in [0.3, 0.4) is 0 Å². The van der Waals surface area contributed by atoms with E-state index in [1.807, 2.05) is 13.8 Å². The average molecular weight is 203 g/mol. The molecule has 0 aliphatic heterocycles. The lowest BCUT2D eigenvalue weighted by Gasteiger charge is -2.25. The minimum absolute atomic E-state index is 0.0351. The van der Waals surface area contributed by atoms with E-state index in [-0.39, 0.29) is 19.1 Å². The highest BCUT2D eigenvalue weighted by atomic mass is 16.4. The van der Waals surface area contributed by atoms with E-state index in [1.54, 1.807) is 11.8 Å². The van der Waals surface area contributed by atoms with Crippen LogP contribution in [0.1, 0.15) is 20.8 Å². The van der Waals surface area contributed by atoms with Crippen LogP contribution < -0.4 is 0 Å². The Kier molecular flexibility index (Phi) is 5.15. The first kappa shape index (κ1) is 12.9. The zero-order chi connectivity index (χ0) is 11.3. The van der Waals surface area contributed by atoms with Crippen molar-refractivity contribution < 1.29 is 19.8 Å². The highest BCUT2D eigenvalue weighted by Crippen LogP contribution is 2.04. The Bertz CT molecular complexity index is 215. The van der Waals surface area contributed by atoms with Gasteiger partial charge in [-0.25, -0.2) is 0 Å². The first-order valence-corrected chi connectivity index (χ1v) is 4.53. The van der Waals surface area contributed by atoms with Gasteiger partial charge in [0.15, 0.2) is 0 Å². The van der Waals surface area contributed by atoms with Gasteiger partial charge in [0.25, 0.3) is 0 Å². The SMILES string of the molecule is CC(CN(CC(=O)O)C(C)C)C(=O)O. The van der Waals surface area contributed by atoms with Crippen molar-refractivity contribution >= 4 is 11.9 Å². The summed E-state index contributed by atoms with van der Waals surface area (Å²) in [6.45, 7) is 5.41. The van der Waals surface area contributed by atoms with E-state index in [2.05, 4.69) is 0 Å². The van der Waals surface area contributed by atoms with Crippen molar-refractivity contribution in [1.29, 1.82) is 0 Å². The minimum atomic E-state index is -0.934. The number of carbonyl (C=O) groups is 2. The number of carboxylic acids is 2. The van der Waals surface area contributed by atoms with Crippen LogP contribution in [0.5, 0.6) is 0 Å². The number of aliphatic carboxylic acids is 2. The summed E-state index contributed by atoms with van der Waals surface area (Å²) in [7, 11) is 0. The van der Waals surface area contributed by atoms with Crippen LogP contribution in [-0.4, -0.2) is 46.2 Å². The molecule has 5 nitrogen and oxygen atoms in total. The molecule has 5 heteroatoms. The summed E-state index contributed by atoms with van der Waals surface area (Å²) in [4.78, 5) is 22.7. The van der Waals surface area contributed by atoms with E-state index < -0.39 is 17.9 Å². The predicted molar refractivity (Wildman–Crippen MR) is 51.1 cm³/mol. The van der Waals surface area contributed by atoms with Gasteiger partial charge in [0.05, 0.1) is 12.5 Å². The van der Waals surface area contributed by atoms with Gasteiger partial charge >= 0.3 is 11.9 Å². The second-order valence-corrected chi connectivity index (χ2v) is 3.66. The highest BCUT2D eigenvalue weighted by molar-refractivity contribution is 5.71. The maximum atomic E-state index is 10.6. The van der Waals surface area contributed by atoms with Gasteiger partial charge in [-0.05, 0) is 13.8 Å². The molecule has 14 heavy (non-hydrogen) atoms. The molecule has 0 amide bonds. The van der Waals surface area contributed by atoms with Crippen LogP contribution in [0.4, 0.5) is 0 Å². The van der Waals surface area contributed by atoms with E-state index in [0.29, 0.717) is 0 Å². The Morgan fingerprint density at radius 2 is 1.71 bits per heavy atom. The van der Waals surface area contributed by atoms with Gasteiger partial charge in [-0.3, -0.25) is 14.5 Å². The number of nitrogens with zero attached hydrogens (tertiary/aromatic N) is 1. The summed E-state index contributed by atoms with van der Waals surface area (Å²) >= 11 is 0. The lowest BCUT2D eigenvalue weighted by Crippen LogP contribution is -2.40. The predicted octanol–water partition coefficient (Wildman–Crippen LogP) is 0.502. The second kappa shape index (κ2) is 5.59. The molecule has 0 spiro atoms. The maximum Gasteiger partial charge on any atom is 0.317 e. The van der Waals surface area contributed by atoms with Crippen molar-refractivity contribution in [1.82, 2.24) is 4.90 Å². The molecule has 0 aromatic heterocycles. The summed E-state index contributed by atoms with van der Waals surface area (Å²) < 4.78 is 0. The second-order valence-electron chi connectivity index (χ2n) is 3.66. The smallest absolute Gasteiger partial charge is 0.317 e. The Labute approximate surface area is 83.3 Å². The van der Waals surface area contributed by atoms with Crippen LogP contribution in [0.25, 0.3) is 0 Å². The van der Waals surface area contributed by atoms with Gasteiger partial charge in [-0.1, -0.05) is 6.92 Å². The van der Waals surface area contributed by atoms with E-state index in [1.165, 1.54) is 0 Å². The molecule has 0 bridgehead atoms. The molecule has 0 saturated carbocycles. The van der Waals surface area contributed by atoms with Gasteiger partial charge in [0.2, 0.25) is 0 Å². The monoisotopic (exact) mass is 203 g/mol. The van der Waals surface area contributed by atoms with Crippen molar-refractivity contribution in [2.24, 2.45) is 5.92 Å². The van der Waals surface area contributed by atoms with Crippen molar-refractivity contribution in [3.05, 3.63) is 0 Å². The fourth-order valence-electron chi connectivity index (χ4n) is 1.06. The van der Waals surface area contributed by atoms with Gasteiger partial charge in [0, 0.05) is 12.6 Å². The summed E-state index contributed by atoms with van der Waals surface area (Å²) in [5.41, 5.74) is 0. The molecule has 0 aromatic carbocycles. The number of hydrogen-bond donors (Lipinski definition) is 2. The molecule has 82 valence electrons. The van der Waals surface area contributed by atoms with Gasteiger partial charge in [-0.15, -0.1) is 0 Å². The Hall–Kier alpha value is -1.10. The standard InChI is InChI=1S/C9H17NO4/c1-6(2)10(5-8(11)12)4-7(3)9(13)14/h6-7H,4-5H2,1-3H3,(H,11,12)(H,13,14). The number of carboxylic acid groups (broad SMARTS) is 2. The third-order valence-corrected chi connectivity index (χ3v) is 2.00. The molecule has 0 aromatic rings. The van der Waals surface area contributed by atoms with Crippen LogP contribution in [0, 0.1) is 5.92 Å². The Morgan fingerprint density at radius 1 is 1.21 bits per heavy atom. The third-order valence-electron chi connectivity index (χ3n) is 2.00. The largest absolute Gasteiger partial charge is 0.481 e. The van der Waals surface area contributed by atoms with Gasteiger partial charge in [0.1, 0.15) is 0 Å². The van der Waals surface area contributed by atoms with Crippen molar-refractivity contribution in [3.8, 4) is 0 Å². The van der Waals surface area contributed by atoms with Gasteiger partial charge < -0.3 is 10.2 Å². The highest BCUT2D eigenvalue weighted by Gasteiger charge is 2.19. The molecular weight excluding hydrogens is 186 g/mol. The molecule has 0 aliphatic rings. The first-order chi connectivity index (χ1) is 6.34. The number of hydrogen-bond acceptors (Lipinski definition) is 3. The van der Waals surface area contributed by atoms with Crippen LogP contribution in [0.2, 0.25) is 0 Å². The topological polar surface area (TPSA) is 77.8 Å². The van der Waals surface area contributed by atoms with Crippen LogP contribution >= 0.6 is 0 Å². The minimum Gasteiger partial charge on any atom is -0.481 e. The van der Waals surface area contributed by atoms with Crippen LogP contribution in [-0.2, 0) is 9.59 Å². The fraction of sp³-hybridized carbons (Fsp3) is 0.778. The molecule has 2 N–H and O–H groups in total. The molecule has 0 heterocycles. The van der Waals surface area contributed by atoms with Crippen molar-refractivity contribution in [2.75, 3.05) is 13.1 Å². The molecule has 0 fully saturated rings. The van der Waals surface area contributed by atoms with E-state index in [0.717, 1.165) is 0 Å². The summed E-state index contributed by atoms with van der Waals surface area (Å²) in [6, 6.07) is 0.0351. The summed E-state index contributed by atoms with van der Waals surface area (Å²) in [6.07, 6.45) is 0. The summed E-state index contributed by atoms with van der Waals surface area (Å²) in [5, 5.41) is 17.3. The van der Waals surface area contributed by atoms with E-state index >= 15 is 0 Å². The summed E-state index contributed by atoms with van der Waals surface area (Å²) in [5.74, 6) is -2.38. The normalized spacial score (nSPS) is 13.2. The Balaban J connectivity index is 4.22. The zero-order valence-electron chi connectivity index (χ0n) is 8.73. The first-order valence-electron chi connectivity index (χ1n) is 4.53. The van der Waals surface area contributed by atoms with Crippen molar-refractivity contribution in [3.63, 3.8) is 0 Å². The molecular formula is C9H17NO4. The Morgan fingerprint density at radius 3 is 2.00 bits per heavy atom. The molecule has 0 saturated heterocycles. The lowest BCUT2D eigenvalue weighted by molar-refractivity contribution is -0.144. The molecule has 1 atom stereocenters. The van der Waals surface area contributed by atoms with E-state index in [4.69, 9.17) is 10.2 Å². The maximum absolute atomic E-state index is 10.6. The molecule has 0 aliphatic carbocycles. The third kappa shape index (κ3) is 4.81. The fourth-order valence-corrected chi connectivity index (χ4v) is 1.06. The lowest BCUT2D eigenvalue weighted by atomic mass is 10.1. The average Bonchev–Trinajstić information content (AvgIpc) is 2.01. The molecule has 0 rings (SSSR count). The molecule has 0 radical (unpaired) electrons.